The predicted octanol–water partition coefficient (Wildman–Crippen LogP) is 2.25. The Morgan fingerprint density at radius 2 is 1.97 bits per heavy atom. The minimum absolute atomic E-state index is 0.0220. The second-order valence-electron chi connectivity index (χ2n) is 7.32. The van der Waals surface area contributed by atoms with E-state index in [1.54, 1.807) is 6.20 Å². The zero-order chi connectivity index (χ0) is 20.4. The summed E-state index contributed by atoms with van der Waals surface area (Å²) in [7, 11) is 0. The number of anilines is 3. The molecule has 2 aromatic heterocycles. The maximum Gasteiger partial charge on any atom is 0.273 e. The molecule has 0 aliphatic heterocycles. The molecule has 2 atom stereocenters. The maximum absolute atomic E-state index is 11.9. The summed E-state index contributed by atoms with van der Waals surface area (Å²) in [5.74, 6) is -0.134. The monoisotopic (exact) mass is 392 g/mol. The van der Waals surface area contributed by atoms with Crippen LogP contribution in [0.1, 0.15) is 41.9 Å². The number of benzene rings is 1. The van der Waals surface area contributed by atoms with Gasteiger partial charge in [0.2, 0.25) is 5.95 Å². The maximum atomic E-state index is 11.9. The molecule has 1 saturated carbocycles. The molecular formula is C20H24N8O. The number of hydrogen-bond acceptors (Lipinski definition) is 8. The molecule has 2 heterocycles. The van der Waals surface area contributed by atoms with Gasteiger partial charge in [-0.15, -0.1) is 10.2 Å². The van der Waals surface area contributed by atoms with Crippen molar-refractivity contribution in [1.82, 2.24) is 20.2 Å². The van der Waals surface area contributed by atoms with Crippen LogP contribution >= 0.6 is 0 Å². The van der Waals surface area contributed by atoms with Gasteiger partial charge in [-0.3, -0.25) is 9.78 Å². The Labute approximate surface area is 168 Å². The summed E-state index contributed by atoms with van der Waals surface area (Å²) in [6.45, 7) is 1.95. The van der Waals surface area contributed by atoms with Crippen LogP contribution < -0.4 is 22.1 Å². The van der Waals surface area contributed by atoms with Gasteiger partial charge in [0.15, 0.2) is 11.5 Å². The van der Waals surface area contributed by atoms with Crippen LogP contribution in [-0.4, -0.2) is 38.2 Å². The van der Waals surface area contributed by atoms with Crippen molar-refractivity contribution in [2.45, 2.75) is 44.7 Å². The van der Waals surface area contributed by atoms with E-state index in [2.05, 4.69) is 30.8 Å². The second kappa shape index (κ2) is 7.96. The summed E-state index contributed by atoms with van der Waals surface area (Å²) in [5.41, 5.74) is 13.4. The zero-order valence-corrected chi connectivity index (χ0v) is 16.2. The number of nitrogens with two attached hydrogens (primary N) is 2. The number of aromatic nitrogens is 4. The van der Waals surface area contributed by atoms with Crippen LogP contribution in [0, 0.1) is 6.92 Å². The number of amides is 1. The average Bonchev–Trinajstić information content (AvgIpc) is 2.70. The SMILES string of the molecule is Cc1nccc2c(Nc3nc(N[C@@H]4CCCC[C@@H]4N)nnc3C(N)=O)cccc12. The van der Waals surface area contributed by atoms with Crippen molar-refractivity contribution in [2.24, 2.45) is 11.5 Å². The molecular weight excluding hydrogens is 368 g/mol. The van der Waals surface area contributed by atoms with Crippen LogP contribution in [0.4, 0.5) is 17.5 Å². The molecule has 0 spiro atoms. The van der Waals surface area contributed by atoms with Crippen molar-refractivity contribution < 1.29 is 4.79 Å². The Morgan fingerprint density at radius 3 is 2.76 bits per heavy atom. The van der Waals surface area contributed by atoms with Gasteiger partial charge in [0.1, 0.15) is 0 Å². The summed E-state index contributed by atoms with van der Waals surface area (Å²) in [4.78, 5) is 20.7. The summed E-state index contributed by atoms with van der Waals surface area (Å²) in [5, 5.41) is 16.4. The molecule has 6 N–H and O–H groups in total. The smallest absolute Gasteiger partial charge is 0.273 e. The molecule has 150 valence electrons. The van der Waals surface area contributed by atoms with E-state index in [4.69, 9.17) is 11.5 Å². The van der Waals surface area contributed by atoms with Crippen LogP contribution in [0.2, 0.25) is 0 Å². The van der Waals surface area contributed by atoms with E-state index in [0.717, 1.165) is 47.8 Å². The molecule has 1 fully saturated rings. The summed E-state index contributed by atoms with van der Waals surface area (Å²) in [6, 6.07) is 7.82. The third-order valence-electron chi connectivity index (χ3n) is 5.31. The normalized spacial score (nSPS) is 19.1. The fourth-order valence-corrected chi connectivity index (χ4v) is 3.73. The first kappa shape index (κ1) is 19.0. The van der Waals surface area contributed by atoms with Crippen molar-refractivity contribution in [3.63, 3.8) is 0 Å². The molecule has 1 aromatic carbocycles. The highest BCUT2D eigenvalue weighted by molar-refractivity contribution is 6.00. The zero-order valence-electron chi connectivity index (χ0n) is 16.2. The van der Waals surface area contributed by atoms with E-state index in [-0.39, 0.29) is 23.6 Å². The van der Waals surface area contributed by atoms with Gasteiger partial charge in [-0.25, -0.2) is 0 Å². The van der Waals surface area contributed by atoms with Crippen molar-refractivity contribution in [1.29, 1.82) is 0 Å². The lowest BCUT2D eigenvalue weighted by molar-refractivity contribution is 0.0995. The van der Waals surface area contributed by atoms with Crippen molar-refractivity contribution >= 4 is 34.1 Å². The van der Waals surface area contributed by atoms with Crippen molar-refractivity contribution in [3.8, 4) is 0 Å². The fourth-order valence-electron chi connectivity index (χ4n) is 3.73. The van der Waals surface area contributed by atoms with Gasteiger partial charge in [-0.05, 0) is 31.9 Å². The lowest BCUT2D eigenvalue weighted by atomic mass is 9.91. The lowest BCUT2D eigenvalue weighted by Gasteiger charge is -2.29. The number of carbonyl (C=O) groups is 1. The Morgan fingerprint density at radius 1 is 1.14 bits per heavy atom. The van der Waals surface area contributed by atoms with Gasteiger partial charge < -0.3 is 22.1 Å². The molecule has 0 bridgehead atoms. The van der Waals surface area contributed by atoms with Gasteiger partial charge in [0.25, 0.3) is 5.91 Å². The number of nitrogens with zero attached hydrogens (tertiary/aromatic N) is 4. The summed E-state index contributed by atoms with van der Waals surface area (Å²) >= 11 is 0. The predicted molar refractivity (Wildman–Crippen MR) is 112 cm³/mol. The molecule has 9 nitrogen and oxygen atoms in total. The largest absolute Gasteiger partial charge is 0.364 e. The number of aryl methyl sites for hydroxylation is 1. The van der Waals surface area contributed by atoms with Crippen molar-refractivity contribution in [2.75, 3.05) is 10.6 Å². The van der Waals surface area contributed by atoms with Gasteiger partial charge in [-0.1, -0.05) is 25.0 Å². The lowest BCUT2D eigenvalue weighted by Crippen LogP contribution is -2.43. The van der Waals surface area contributed by atoms with Crippen LogP contribution in [0.3, 0.4) is 0 Å². The molecule has 1 amide bonds. The molecule has 1 aliphatic rings. The highest BCUT2D eigenvalue weighted by atomic mass is 16.1. The van der Waals surface area contributed by atoms with Crippen LogP contribution in [0.5, 0.6) is 0 Å². The second-order valence-corrected chi connectivity index (χ2v) is 7.32. The van der Waals surface area contributed by atoms with Gasteiger partial charge >= 0.3 is 0 Å². The number of pyridine rings is 1. The highest BCUT2D eigenvalue weighted by Gasteiger charge is 2.23. The number of rotatable bonds is 5. The van der Waals surface area contributed by atoms with E-state index in [1.807, 2.05) is 31.2 Å². The number of nitrogens with one attached hydrogen (secondary N) is 2. The van der Waals surface area contributed by atoms with Crippen LogP contribution in [-0.2, 0) is 0 Å². The molecule has 4 rings (SSSR count). The van der Waals surface area contributed by atoms with Gasteiger partial charge in [0.05, 0.1) is 0 Å². The van der Waals surface area contributed by atoms with E-state index in [9.17, 15) is 4.79 Å². The number of fused-ring (bicyclic) bond motifs is 1. The van der Waals surface area contributed by atoms with Crippen molar-refractivity contribution in [3.05, 3.63) is 41.9 Å². The van der Waals surface area contributed by atoms with Crippen LogP contribution in [0.25, 0.3) is 10.8 Å². The third-order valence-corrected chi connectivity index (χ3v) is 5.31. The summed E-state index contributed by atoms with van der Waals surface area (Å²) < 4.78 is 0. The fraction of sp³-hybridized carbons (Fsp3) is 0.350. The minimum Gasteiger partial charge on any atom is -0.364 e. The standard InChI is InChI=1S/C20H24N8O/c1-11-12-5-4-8-15(13(12)9-10-23-11)24-19-17(18(22)29)27-28-20(26-19)25-16-7-3-2-6-14(16)21/h4-5,8-10,14,16H,2-3,6-7,21H2,1H3,(H2,22,29)(H2,24,25,26,28)/t14-,16+/m0/s1. The first-order chi connectivity index (χ1) is 14.0. The Hall–Kier alpha value is -3.33. The van der Waals surface area contributed by atoms with E-state index < -0.39 is 5.91 Å². The van der Waals surface area contributed by atoms with E-state index >= 15 is 0 Å². The average molecular weight is 392 g/mol. The molecule has 9 heteroatoms. The molecule has 3 aromatic rings. The molecule has 0 radical (unpaired) electrons. The quantitative estimate of drug-likeness (QED) is 0.517. The highest BCUT2D eigenvalue weighted by Crippen LogP contribution is 2.28. The van der Waals surface area contributed by atoms with E-state index in [0.29, 0.717) is 5.95 Å². The number of carbonyl (C=O) groups excluding carboxylic acids is 1. The van der Waals surface area contributed by atoms with E-state index in [1.165, 1.54) is 0 Å². The molecule has 29 heavy (non-hydrogen) atoms. The Kier molecular flexibility index (Phi) is 5.22. The molecule has 0 unspecified atom stereocenters. The van der Waals surface area contributed by atoms with Gasteiger partial charge in [-0.2, -0.15) is 4.98 Å². The topological polar surface area (TPSA) is 145 Å². The minimum atomic E-state index is -0.702. The first-order valence-electron chi connectivity index (χ1n) is 9.71. The Bertz CT molecular complexity index is 1050. The number of primary amides is 1. The number of hydrogen-bond donors (Lipinski definition) is 4. The van der Waals surface area contributed by atoms with Gasteiger partial charge in [0, 0.05) is 40.4 Å². The summed E-state index contributed by atoms with van der Waals surface area (Å²) in [6.07, 6.45) is 5.88. The Balaban J connectivity index is 1.69. The first-order valence-corrected chi connectivity index (χ1v) is 9.71. The van der Waals surface area contributed by atoms with Crippen LogP contribution in [0.15, 0.2) is 30.5 Å². The third kappa shape index (κ3) is 3.95. The molecule has 0 saturated heterocycles. The molecule has 1 aliphatic carbocycles.